The summed E-state index contributed by atoms with van der Waals surface area (Å²) >= 11 is 6.40. The van der Waals surface area contributed by atoms with Gasteiger partial charge in [-0.3, -0.25) is 4.90 Å². The molecule has 0 radical (unpaired) electrons. The van der Waals surface area contributed by atoms with Gasteiger partial charge < -0.3 is 10.5 Å². The Morgan fingerprint density at radius 3 is 2.73 bits per heavy atom. The van der Waals surface area contributed by atoms with E-state index in [1.54, 1.807) is 0 Å². The van der Waals surface area contributed by atoms with Crippen LogP contribution in [0.15, 0.2) is 36.4 Å². The van der Waals surface area contributed by atoms with Crippen LogP contribution in [0.25, 0.3) is 0 Å². The summed E-state index contributed by atoms with van der Waals surface area (Å²) in [7, 11) is 0. The molecule has 26 heavy (non-hydrogen) atoms. The Hall–Kier alpha value is -1.55. The SMILES string of the molecule is Cc1ccccc1O[C@H]1c2cc(Cl)cc(C)c2C[C@@H]1N1CCC[C@@H](N)C1. The molecule has 0 spiro atoms. The van der Waals surface area contributed by atoms with Crippen molar-refractivity contribution in [3.05, 3.63) is 63.7 Å². The van der Waals surface area contributed by atoms with E-state index in [2.05, 4.69) is 43.0 Å². The van der Waals surface area contributed by atoms with Gasteiger partial charge in [0.1, 0.15) is 11.9 Å². The zero-order chi connectivity index (χ0) is 18.3. The molecule has 1 heterocycles. The van der Waals surface area contributed by atoms with E-state index in [1.807, 2.05) is 12.1 Å². The second kappa shape index (κ2) is 7.22. The molecule has 1 saturated heterocycles. The number of piperidine rings is 1. The number of benzene rings is 2. The smallest absolute Gasteiger partial charge is 0.140 e. The fraction of sp³-hybridized carbons (Fsp3) is 0.455. The molecule has 2 aromatic carbocycles. The molecule has 2 aromatic rings. The highest BCUT2D eigenvalue weighted by Gasteiger charge is 2.40. The van der Waals surface area contributed by atoms with Crippen LogP contribution in [0, 0.1) is 13.8 Å². The highest BCUT2D eigenvalue weighted by molar-refractivity contribution is 6.30. The Labute approximate surface area is 161 Å². The van der Waals surface area contributed by atoms with Gasteiger partial charge in [0.25, 0.3) is 0 Å². The molecule has 0 bridgehead atoms. The van der Waals surface area contributed by atoms with Crippen LogP contribution >= 0.6 is 11.6 Å². The van der Waals surface area contributed by atoms with Crippen molar-refractivity contribution in [2.75, 3.05) is 13.1 Å². The highest BCUT2D eigenvalue weighted by atomic mass is 35.5. The van der Waals surface area contributed by atoms with Crippen LogP contribution in [0.1, 0.15) is 41.2 Å². The molecule has 2 aliphatic rings. The van der Waals surface area contributed by atoms with Gasteiger partial charge in [-0.15, -0.1) is 0 Å². The summed E-state index contributed by atoms with van der Waals surface area (Å²) in [6.07, 6.45) is 3.27. The van der Waals surface area contributed by atoms with Crippen molar-refractivity contribution in [1.29, 1.82) is 0 Å². The third-order valence-corrected chi connectivity index (χ3v) is 6.07. The van der Waals surface area contributed by atoms with Crippen molar-refractivity contribution in [2.24, 2.45) is 5.73 Å². The standard InChI is InChI=1S/C22H27ClN2O/c1-14-6-3-4-8-21(14)26-22-19-11-16(23)10-15(2)18(19)12-20(22)25-9-5-7-17(24)13-25/h3-4,6,8,10-11,17,20,22H,5,7,9,12-13,24H2,1-2H3/t17-,20+,22+/m1/s1. The first-order valence-corrected chi connectivity index (χ1v) is 9.91. The summed E-state index contributed by atoms with van der Waals surface area (Å²) < 4.78 is 6.60. The number of rotatable bonds is 3. The maximum absolute atomic E-state index is 6.60. The Kier molecular flexibility index (Phi) is 4.96. The molecule has 1 aliphatic heterocycles. The van der Waals surface area contributed by atoms with Crippen LogP contribution in [-0.4, -0.2) is 30.1 Å². The lowest BCUT2D eigenvalue weighted by atomic mass is 10.0. The number of hydrogen-bond donors (Lipinski definition) is 1. The molecule has 0 unspecified atom stereocenters. The van der Waals surface area contributed by atoms with Crippen molar-refractivity contribution in [2.45, 2.75) is 51.3 Å². The van der Waals surface area contributed by atoms with Gasteiger partial charge in [-0.1, -0.05) is 29.8 Å². The van der Waals surface area contributed by atoms with Gasteiger partial charge in [-0.25, -0.2) is 0 Å². The first-order chi connectivity index (χ1) is 12.5. The Balaban J connectivity index is 1.71. The average Bonchev–Trinajstić information content (AvgIpc) is 2.96. The van der Waals surface area contributed by atoms with Crippen LogP contribution < -0.4 is 10.5 Å². The summed E-state index contributed by atoms with van der Waals surface area (Å²) in [6.45, 7) is 6.28. The van der Waals surface area contributed by atoms with Crippen LogP contribution in [0.2, 0.25) is 5.02 Å². The van der Waals surface area contributed by atoms with Gasteiger partial charge in [0.05, 0.1) is 6.04 Å². The predicted octanol–water partition coefficient (Wildman–Crippen LogP) is 4.42. The van der Waals surface area contributed by atoms with E-state index in [0.29, 0.717) is 6.04 Å². The van der Waals surface area contributed by atoms with Gasteiger partial charge in [0.15, 0.2) is 0 Å². The van der Waals surface area contributed by atoms with Gasteiger partial charge >= 0.3 is 0 Å². The van der Waals surface area contributed by atoms with Crippen molar-refractivity contribution in [3.8, 4) is 5.75 Å². The Bertz CT molecular complexity index is 807. The lowest BCUT2D eigenvalue weighted by Gasteiger charge is -2.38. The van der Waals surface area contributed by atoms with Crippen LogP contribution in [0.5, 0.6) is 5.75 Å². The number of aryl methyl sites for hydroxylation is 2. The van der Waals surface area contributed by atoms with E-state index >= 15 is 0 Å². The normalized spacial score (nSPS) is 25.9. The molecule has 138 valence electrons. The second-order valence-electron chi connectivity index (χ2n) is 7.76. The lowest BCUT2D eigenvalue weighted by molar-refractivity contribution is 0.0589. The van der Waals surface area contributed by atoms with Gasteiger partial charge in [0.2, 0.25) is 0 Å². The number of hydrogen-bond acceptors (Lipinski definition) is 3. The van der Waals surface area contributed by atoms with E-state index in [-0.39, 0.29) is 12.1 Å². The monoisotopic (exact) mass is 370 g/mol. The lowest BCUT2D eigenvalue weighted by Crippen LogP contribution is -2.49. The fourth-order valence-electron chi connectivity index (χ4n) is 4.48. The number of nitrogens with zero attached hydrogens (tertiary/aromatic N) is 1. The number of likely N-dealkylation sites (tertiary alicyclic amines) is 1. The van der Waals surface area contributed by atoms with Crippen LogP contribution in [0.3, 0.4) is 0 Å². The minimum Gasteiger partial charge on any atom is -0.484 e. The molecular weight excluding hydrogens is 344 g/mol. The quantitative estimate of drug-likeness (QED) is 0.868. The minimum absolute atomic E-state index is 0.00574. The molecule has 0 amide bonds. The van der Waals surface area contributed by atoms with E-state index in [4.69, 9.17) is 22.1 Å². The number of para-hydroxylation sites is 1. The molecule has 0 saturated carbocycles. The summed E-state index contributed by atoms with van der Waals surface area (Å²) in [5, 5.41) is 0.788. The number of nitrogens with two attached hydrogens (primary N) is 1. The Morgan fingerprint density at radius 2 is 1.96 bits per heavy atom. The summed E-state index contributed by atoms with van der Waals surface area (Å²) in [6, 6.07) is 13.0. The number of halogens is 1. The van der Waals surface area contributed by atoms with E-state index in [0.717, 1.165) is 48.7 Å². The molecule has 2 N–H and O–H groups in total. The average molecular weight is 371 g/mol. The summed E-state index contributed by atoms with van der Waals surface area (Å²) in [4.78, 5) is 2.53. The van der Waals surface area contributed by atoms with Crippen LogP contribution in [-0.2, 0) is 6.42 Å². The first kappa shape index (κ1) is 17.8. The molecule has 0 aromatic heterocycles. The van der Waals surface area contributed by atoms with E-state index in [1.165, 1.54) is 16.7 Å². The highest BCUT2D eigenvalue weighted by Crippen LogP contribution is 2.42. The summed E-state index contributed by atoms with van der Waals surface area (Å²) in [5.41, 5.74) is 11.3. The number of fused-ring (bicyclic) bond motifs is 1. The largest absolute Gasteiger partial charge is 0.484 e. The maximum Gasteiger partial charge on any atom is 0.140 e. The fourth-order valence-corrected chi connectivity index (χ4v) is 4.77. The molecule has 3 nitrogen and oxygen atoms in total. The molecule has 4 rings (SSSR count). The maximum atomic E-state index is 6.60. The number of ether oxygens (including phenoxy) is 1. The third kappa shape index (κ3) is 3.36. The van der Waals surface area contributed by atoms with E-state index in [9.17, 15) is 0 Å². The molecule has 3 atom stereocenters. The zero-order valence-corrected chi connectivity index (χ0v) is 16.3. The minimum atomic E-state index is -0.00574. The van der Waals surface area contributed by atoms with E-state index < -0.39 is 0 Å². The van der Waals surface area contributed by atoms with Gasteiger partial charge in [-0.05, 0) is 80.1 Å². The predicted molar refractivity (Wildman–Crippen MR) is 107 cm³/mol. The zero-order valence-electron chi connectivity index (χ0n) is 15.5. The first-order valence-electron chi connectivity index (χ1n) is 9.54. The molecule has 1 aliphatic carbocycles. The second-order valence-corrected chi connectivity index (χ2v) is 8.20. The van der Waals surface area contributed by atoms with Crippen molar-refractivity contribution in [3.63, 3.8) is 0 Å². The Morgan fingerprint density at radius 1 is 1.15 bits per heavy atom. The van der Waals surface area contributed by atoms with Gasteiger partial charge in [0, 0.05) is 17.6 Å². The molecule has 1 fully saturated rings. The molecular formula is C22H27ClN2O. The third-order valence-electron chi connectivity index (χ3n) is 5.85. The van der Waals surface area contributed by atoms with Crippen molar-refractivity contribution >= 4 is 11.6 Å². The van der Waals surface area contributed by atoms with Crippen molar-refractivity contribution in [1.82, 2.24) is 4.90 Å². The topological polar surface area (TPSA) is 38.5 Å². The molecule has 4 heteroatoms. The van der Waals surface area contributed by atoms with Gasteiger partial charge in [-0.2, -0.15) is 0 Å². The summed E-state index contributed by atoms with van der Waals surface area (Å²) in [5.74, 6) is 0.953. The van der Waals surface area contributed by atoms with Crippen LogP contribution in [0.4, 0.5) is 0 Å². The van der Waals surface area contributed by atoms with Crippen molar-refractivity contribution < 1.29 is 4.74 Å².